The average molecular weight is 228 g/mol. The number of aromatic nitrogens is 1. The average Bonchev–Trinajstić information content (AvgIpc) is 2.32. The topological polar surface area (TPSA) is 56.0 Å². The number of benzene rings is 1. The SMILES string of the molecule is Cc1ccccc1NC(=O)c1ccc[n+]([O-])c1. The molecule has 0 radical (unpaired) electrons. The van der Waals surface area contributed by atoms with Crippen molar-refractivity contribution in [1.82, 2.24) is 0 Å². The summed E-state index contributed by atoms with van der Waals surface area (Å²) in [4.78, 5) is 11.9. The molecule has 0 spiro atoms. The third kappa shape index (κ3) is 2.60. The quantitative estimate of drug-likeness (QED) is 0.630. The Balaban J connectivity index is 2.20. The van der Waals surface area contributed by atoms with Crippen molar-refractivity contribution in [2.45, 2.75) is 6.92 Å². The van der Waals surface area contributed by atoms with E-state index in [0.717, 1.165) is 11.3 Å². The first-order valence-corrected chi connectivity index (χ1v) is 5.22. The number of anilines is 1. The lowest BCUT2D eigenvalue weighted by molar-refractivity contribution is -0.605. The molecule has 1 amide bonds. The van der Waals surface area contributed by atoms with Crippen LogP contribution in [0.25, 0.3) is 0 Å². The van der Waals surface area contributed by atoms with Crippen LogP contribution in [0, 0.1) is 12.1 Å². The third-order valence-electron chi connectivity index (χ3n) is 2.43. The Bertz CT molecular complexity index is 553. The van der Waals surface area contributed by atoms with Gasteiger partial charge in [0.1, 0.15) is 5.56 Å². The minimum absolute atomic E-state index is 0.287. The van der Waals surface area contributed by atoms with E-state index >= 15 is 0 Å². The van der Waals surface area contributed by atoms with Crippen LogP contribution in [0.4, 0.5) is 5.69 Å². The largest absolute Gasteiger partial charge is 0.619 e. The van der Waals surface area contributed by atoms with Gasteiger partial charge in [-0.25, -0.2) is 0 Å². The maximum absolute atomic E-state index is 11.9. The molecule has 0 atom stereocenters. The minimum Gasteiger partial charge on any atom is -0.619 e. The Morgan fingerprint density at radius 3 is 2.71 bits per heavy atom. The van der Waals surface area contributed by atoms with Gasteiger partial charge in [-0.15, -0.1) is 0 Å². The number of para-hydroxylation sites is 1. The predicted molar refractivity (Wildman–Crippen MR) is 64.5 cm³/mol. The van der Waals surface area contributed by atoms with Crippen molar-refractivity contribution in [2.75, 3.05) is 5.32 Å². The van der Waals surface area contributed by atoms with Crippen molar-refractivity contribution in [3.05, 3.63) is 65.1 Å². The lowest BCUT2D eigenvalue weighted by atomic mass is 10.2. The minimum atomic E-state index is -0.287. The van der Waals surface area contributed by atoms with Gasteiger partial charge < -0.3 is 10.5 Å². The molecule has 1 N–H and O–H groups in total. The van der Waals surface area contributed by atoms with E-state index in [4.69, 9.17) is 0 Å². The molecular weight excluding hydrogens is 216 g/mol. The van der Waals surface area contributed by atoms with Crippen LogP contribution < -0.4 is 10.0 Å². The number of rotatable bonds is 2. The number of pyridine rings is 1. The number of hydrogen-bond acceptors (Lipinski definition) is 2. The Morgan fingerprint density at radius 2 is 2.00 bits per heavy atom. The van der Waals surface area contributed by atoms with Crippen molar-refractivity contribution in [1.29, 1.82) is 0 Å². The van der Waals surface area contributed by atoms with E-state index in [9.17, 15) is 10.0 Å². The fraction of sp³-hybridized carbons (Fsp3) is 0.0769. The zero-order valence-electron chi connectivity index (χ0n) is 9.38. The third-order valence-corrected chi connectivity index (χ3v) is 2.43. The Morgan fingerprint density at radius 1 is 1.24 bits per heavy atom. The summed E-state index contributed by atoms with van der Waals surface area (Å²) in [5, 5.41) is 13.8. The number of nitrogens with one attached hydrogen (secondary N) is 1. The molecule has 17 heavy (non-hydrogen) atoms. The van der Waals surface area contributed by atoms with Gasteiger partial charge in [0.2, 0.25) is 0 Å². The molecule has 0 saturated carbocycles. The lowest BCUT2D eigenvalue weighted by Gasteiger charge is -2.07. The van der Waals surface area contributed by atoms with Gasteiger partial charge in [0.15, 0.2) is 12.4 Å². The Kier molecular flexibility index (Phi) is 3.05. The lowest BCUT2D eigenvalue weighted by Crippen LogP contribution is -2.27. The number of hydrogen-bond donors (Lipinski definition) is 1. The van der Waals surface area contributed by atoms with Crippen molar-refractivity contribution in [2.24, 2.45) is 0 Å². The zero-order valence-corrected chi connectivity index (χ0v) is 9.38. The molecule has 1 aromatic heterocycles. The van der Waals surface area contributed by atoms with Gasteiger partial charge in [0.25, 0.3) is 5.91 Å². The van der Waals surface area contributed by atoms with Gasteiger partial charge >= 0.3 is 0 Å². The second-order valence-corrected chi connectivity index (χ2v) is 3.72. The smallest absolute Gasteiger partial charge is 0.261 e. The highest BCUT2D eigenvalue weighted by atomic mass is 16.5. The molecule has 0 aliphatic carbocycles. The van der Waals surface area contributed by atoms with Crippen LogP contribution in [-0.2, 0) is 0 Å². The summed E-state index contributed by atoms with van der Waals surface area (Å²) in [5.74, 6) is -0.287. The summed E-state index contributed by atoms with van der Waals surface area (Å²) in [6.07, 6.45) is 2.58. The first-order chi connectivity index (χ1) is 8.16. The van der Waals surface area contributed by atoms with Gasteiger partial charge in [0, 0.05) is 11.8 Å². The normalized spacial score (nSPS) is 9.94. The highest BCUT2D eigenvalue weighted by Crippen LogP contribution is 2.14. The molecule has 0 bridgehead atoms. The monoisotopic (exact) mass is 228 g/mol. The summed E-state index contributed by atoms with van der Waals surface area (Å²) in [6, 6.07) is 10.6. The van der Waals surface area contributed by atoms with Crippen molar-refractivity contribution < 1.29 is 9.52 Å². The van der Waals surface area contributed by atoms with Gasteiger partial charge in [-0.1, -0.05) is 18.2 Å². The molecular formula is C13H12N2O2. The van der Waals surface area contributed by atoms with Crippen LogP contribution in [0.1, 0.15) is 15.9 Å². The second kappa shape index (κ2) is 4.65. The molecule has 0 unspecified atom stereocenters. The van der Waals surface area contributed by atoms with Gasteiger partial charge in [-0.05, 0) is 24.6 Å². The molecule has 1 aromatic carbocycles. The van der Waals surface area contributed by atoms with Crippen LogP contribution in [0.3, 0.4) is 0 Å². The first-order valence-electron chi connectivity index (χ1n) is 5.22. The maximum Gasteiger partial charge on any atom is 0.261 e. The first kappa shape index (κ1) is 11.1. The van der Waals surface area contributed by atoms with Crippen LogP contribution in [-0.4, -0.2) is 5.91 Å². The second-order valence-electron chi connectivity index (χ2n) is 3.72. The fourth-order valence-corrected chi connectivity index (χ4v) is 1.50. The Labute approximate surface area is 99.1 Å². The highest BCUT2D eigenvalue weighted by Gasteiger charge is 2.09. The van der Waals surface area contributed by atoms with Crippen LogP contribution >= 0.6 is 0 Å². The van der Waals surface area contributed by atoms with E-state index in [1.54, 1.807) is 12.1 Å². The Hall–Kier alpha value is -2.36. The summed E-state index contributed by atoms with van der Waals surface area (Å²) < 4.78 is 0.604. The molecule has 0 fully saturated rings. The van der Waals surface area contributed by atoms with Gasteiger partial charge in [-0.3, -0.25) is 4.79 Å². The summed E-state index contributed by atoms with van der Waals surface area (Å²) in [5.41, 5.74) is 2.07. The fourth-order valence-electron chi connectivity index (χ4n) is 1.50. The summed E-state index contributed by atoms with van der Waals surface area (Å²) >= 11 is 0. The molecule has 4 nitrogen and oxygen atoms in total. The van der Waals surface area contributed by atoms with E-state index in [-0.39, 0.29) is 5.91 Å². The van der Waals surface area contributed by atoms with Gasteiger partial charge in [0.05, 0.1) is 0 Å². The van der Waals surface area contributed by atoms with E-state index in [0.29, 0.717) is 10.3 Å². The molecule has 1 heterocycles. The summed E-state index contributed by atoms with van der Waals surface area (Å²) in [7, 11) is 0. The van der Waals surface area contributed by atoms with Crippen LogP contribution in [0.15, 0.2) is 48.8 Å². The van der Waals surface area contributed by atoms with Crippen LogP contribution in [0.5, 0.6) is 0 Å². The van der Waals surface area contributed by atoms with E-state index in [2.05, 4.69) is 5.32 Å². The molecule has 86 valence electrons. The molecule has 2 aromatic rings. The molecule has 0 aliphatic rings. The van der Waals surface area contributed by atoms with E-state index in [1.807, 2.05) is 31.2 Å². The maximum atomic E-state index is 11.9. The number of nitrogens with zero attached hydrogens (tertiary/aromatic N) is 1. The molecule has 2 rings (SSSR count). The predicted octanol–water partition coefficient (Wildman–Crippen LogP) is 1.88. The summed E-state index contributed by atoms with van der Waals surface area (Å²) in [6.45, 7) is 1.91. The molecule has 4 heteroatoms. The number of amides is 1. The number of aryl methyl sites for hydroxylation is 1. The number of carbonyl (C=O) groups excluding carboxylic acids is 1. The standard InChI is InChI=1S/C13H12N2O2/c1-10-5-2-3-7-12(10)14-13(16)11-6-4-8-15(17)9-11/h2-9H,1H3,(H,14,16). The van der Waals surface area contributed by atoms with E-state index in [1.165, 1.54) is 12.4 Å². The van der Waals surface area contributed by atoms with E-state index < -0.39 is 0 Å². The van der Waals surface area contributed by atoms with Gasteiger partial charge in [-0.2, -0.15) is 4.73 Å². The van der Waals surface area contributed by atoms with Crippen molar-refractivity contribution in [3.8, 4) is 0 Å². The number of carbonyl (C=O) groups is 1. The highest BCUT2D eigenvalue weighted by molar-refractivity contribution is 6.04. The molecule has 0 aliphatic heterocycles. The van der Waals surface area contributed by atoms with Crippen LogP contribution in [0.2, 0.25) is 0 Å². The van der Waals surface area contributed by atoms with Crippen molar-refractivity contribution in [3.63, 3.8) is 0 Å². The zero-order chi connectivity index (χ0) is 12.3. The molecule has 0 saturated heterocycles. The van der Waals surface area contributed by atoms with Crippen molar-refractivity contribution >= 4 is 11.6 Å².